The first kappa shape index (κ1) is 13.7. The lowest BCUT2D eigenvalue weighted by molar-refractivity contribution is -0.146. The van der Waals surface area contributed by atoms with E-state index in [1.54, 1.807) is 0 Å². The summed E-state index contributed by atoms with van der Waals surface area (Å²) >= 11 is 1.09. The Morgan fingerprint density at radius 1 is 1.40 bits per heavy atom. The molecule has 0 aromatic carbocycles. The molecule has 1 saturated carbocycles. The molecule has 110 valence electrons. The molecule has 1 aliphatic rings. The monoisotopic (exact) mass is 305 g/mol. The molecule has 0 amide bonds. The second-order valence-electron chi connectivity index (χ2n) is 5.48. The van der Waals surface area contributed by atoms with Gasteiger partial charge in [0.15, 0.2) is 0 Å². The molecular formula is C11H14F3N5S. The first-order chi connectivity index (χ1) is 9.29. The van der Waals surface area contributed by atoms with E-state index in [-0.39, 0.29) is 4.96 Å². The zero-order valence-electron chi connectivity index (χ0n) is 10.8. The summed E-state index contributed by atoms with van der Waals surface area (Å²) in [5, 5.41) is 11.2. The lowest BCUT2D eigenvalue weighted by atomic mass is 9.77. The van der Waals surface area contributed by atoms with Crippen molar-refractivity contribution in [3.05, 3.63) is 10.8 Å². The molecule has 0 saturated heterocycles. The van der Waals surface area contributed by atoms with E-state index >= 15 is 0 Å². The molecule has 2 N–H and O–H groups in total. The Kier molecular flexibility index (Phi) is 3.02. The van der Waals surface area contributed by atoms with Crippen molar-refractivity contribution in [2.45, 2.75) is 44.3 Å². The van der Waals surface area contributed by atoms with Crippen LogP contribution in [-0.2, 0) is 11.7 Å². The third-order valence-electron chi connectivity index (χ3n) is 3.70. The number of hydrogen-bond donors (Lipinski definition) is 1. The molecule has 2 atom stereocenters. The van der Waals surface area contributed by atoms with Gasteiger partial charge in [-0.15, -0.1) is 10.2 Å². The first-order valence-corrected chi connectivity index (χ1v) is 7.20. The summed E-state index contributed by atoms with van der Waals surface area (Å²) < 4.78 is 39.1. The maximum absolute atomic E-state index is 12.8. The summed E-state index contributed by atoms with van der Waals surface area (Å²) in [5.74, 6) is -0.646. The van der Waals surface area contributed by atoms with Gasteiger partial charge in [0.2, 0.25) is 4.96 Å². The fraction of sp³-hybridized carbons (Fsp3) is 0.727. The minimum Gasteiger partial charge on any atom is -0.319 e. The molecular weight excluding hydrogens is 291 g/mol. The normalized spacial score (nSPS) is 28.1. The van der Waals surface area contributed by atoms with Crippen molar-refractivity contribution < 1.29 is 13.2 Å². The predicted octanol–water partition coefficient (Wildman–Crippen LogP) is 2.57. The molecule has 3 rings (SSSR count). The van der Waals surface area contributed by atoms with Gasteiger partial charge in [-0.25, -0.2) is 0 Å². The Hall–Kier alpha value is -1.22. The van der Waals surface area contributed by atoms with Crippen molar-refractivity contribution in [2.75, 3.05) is 0 Å². The summed E-state index contributed by atoms with van der Waals surface area (Å²) in [6.45, 7) is 2.10. The van der Waals surface area contributed by atoms with Crippen LogP contribution >= 0.6 is 11.3 Å². The Morgan fingerprint density at radius 2 is 2.15 bits per heavy atom. The van der Waals surface area contributed by atoms with Crippen molar-refractivity contribution in [2.24, 2.45) is 11.7 Å². The van der Waals surface area contributed by atoms with E-state index in [9.17, 15) is 13.2 Å². The van der Waals surface area contributed by atoms with Gasteiger partial charge in [0.25, 0.3) is 5.82 Å². The minimum atomic E-state index is -4.56. The van der Waals surface area contributed by atoms with Gasteiger partial charge in [-0.05, 0) is 18.8 Å². The van der Waals surface area contributed by atoms with E-state index in [1.807, 2.05) is 0 Å². The standard InChI is InChI=1S/C11H14F3N5S/c1-6-3-2-4-10(15,5-6)8-18-19-7(11(12,13)14)16-17-9(19)20-8/h6H,2-5,15H2,1H3. The molecule has 2 heterocycles. The molecule has 0 spiro atoms. The zero-order chi connectivity index (χ0) is 14.5. The van der Waals surface area contributed by atoms with E-state index in [2.05, 4.69) is 22.2 Å². The number of hydrogen-bond acceptors (Lipinski definition) is 5. The van der Waals surface area contributed by atoms with Crippen LogP contribution in [0.5, 0.6) is 0 Å². The predicted molar refractivity (Wildman–Crippen MR) is 67.2 cm³/mol. The van der Waals surface area contributed by atoms with E-state index in [4.69, 9.17) is 5.73 Å². The number of nitrogens with zero attached hydrogens (tertiary/aromatic N) is 4. The van der Waals surface area contributed by atoms with Crippen LogP contribution in [0.25, 0.3) is 4.96 Å². The average Bonchev–Trinajstić information content (AvgIpc) is 2.85. The molecule has 9 heteroatoms. The number of fused-ring (bicyclic) bond motifs is 1. The fourth-order valence-electron chi connectivity index (χ4n) is 2.78. The Balaban J connectivity index is 2.03. The lowest BCUT2D eigenvalue weighted by Crippen LogP contribution is -2.41. The third kappa shape index (κ3) is 2.18. The van der Waals surface area contributed by atoms with Gasteiger partial charge in [-0.3, -0.25) is 0 Å². The molecule has 2 aromatic rings. The lowest BCUT2D eigenvalue weighted by Gasteiger charge is -2.34. The van der Waals surface area contributed by atoms with E-state index in [0.717, 1.165) is 41.5 Å². The molecule has 2 aromatic heterocycles. The highest BCUT2D eigenvalue weighted by Gasteiger charge is 2.41. The number of nitrogens with two attached hydrogens (primary N) is 1. The molecule has 5 nitrogen and oxygen atoms in total. The van der Waals surface area contributed by atoms with Crippen LogP contribution in [0, 0.1) is 5.92 Å². The highest BCUT2D eigenvalue weighted by Crippen LogP contribution is 2.40. The highest BCUT2D eigenvalue weighted by molar-refractivity contribution is 7.16. The van der Waals surface area contributed by atoms with Gasteiger partial charge >= 0.3 is 6.18 Å². The summed E-state index contributed by atoms with van der Waals surface area (Å²) in [7, 11) is 0. The maximum Gasteiger partial charge on any atom is 0.453 e. The van der Waals surface area contributed by atoms with E-state index in [0.29, 0.717) is 10.9 Å². The fourth-order valence-corrected chi connectivity index (χ4v) is 3.76. The topological polar surface area (TPSA) is 69.1 Å². The molecule has 1 fully saturated rings. The number of rotatable bonds is 1. The van der Waals surface area contributed by atoms with Crippen molar-refractivity contribution >= 4 is 16.3 Å². The summed E-state index contributed by atoms with van der Waals surface area (Å²) in [6, 6.07) is 0. The molecule has 20 heavy (non-hydrogen) atoms. The number of halogens is 3. The van der Waals surface area contributed by atoms with Crippen LogP contribution in [0.1, 0.15) is 43.4 Å². The van der Waals surface area contributed by atoms with Crippen LogP contribution in [-0.4, -0.2) is 19.8 Å². The minimum absolute atomic E-state index is 0.135. The van der Waals surface area contributed by atoms with Crippen LogP contribution < -0.4 is 5.73 Å². The summed E-state index contributed by atoms with van der Waals surface area (Å²) in [6.07, 6.45) is -1.03. The molecule has 1 aliphatic carbocycles. The molecule has 0 bridgehead atoms. The van der Waals surface area contributed by atoms with Crippen molar-refractivity contribution in [3.8, 4) is 0 Å². The summed E-state index contributed by atoms with van der Waals surface area (Å²) in [5.41, 5.74) is 5.71. The van der Waals surface area contributed by atoms with Gasteiger partial charge in [0.1, 0.15) is 5.01 Å². The molecule has 2 unspecified atom stereocenters. The zero-order valence-corrected chi connectivity index (χ0v) is 11.6. The Morgan fingerprint density at radius 3 is 2.80 bits per heavy atom. The quantitative estimate of drug-likeness (QED) is 0.879. The van der Waals surface area contributed by atoms with E-state index < -0.39 is 17.5 Å². The van der Waals surface area contributed by atoms with Gasteiger partial charge < -0.3 is 5.73 Å². The second-order valence-corrected chi connectivity index (χ2v) is 6.44. The van der Waals surface area contributed by atoms with Crippen molar-refractivity contribution in [3.63, 3.8) is 0 Å². The average molecular weight is 305 g/mol. The van der Waals surface area contributed by atoms with Crippen molar-refractivity contribution in [1.29, 1.82) is 0 Å². The van der Waals surface area contributed by atoms with Gasteiger partial charge in [-0.2, -0.15) is 22.8 Å². The third-order valence-corrected chi connectivity index (χ3v) is 4.82. The van der Waals surface area contributed by atoms with E-state index in [1.165, 1.54) is 0 Å². The Bertz CT molecular complexity index is 634. The molecule has 0 aliphatic heterocycles. The first-order valence-electron chi connectivity index (χ1n) is 6.38. The van der Waals surface area contributed by atoms with Gasteiger partial charge in [0.05, 0.1) is 5.54 Å². The number of alkyl halides is 3. The molecule has 0 radical (unpaired) electrons. The Labute approximate surface area is 117 Å². The van der Waals surface area contributed by atoms with Gasteiger partial charge in [0, 0.05) is 0 Å². The van der Waals surface area contributed by atoms with Crippen LogP contribution in [0.4, 0.5) is 13.2 Å². The van der Waals surface area contributed by atoms with Gasteiger partial charge in [-0.1, -0.05) is 31.1 Å². The van der Waals surface area contributed by atoms with Crippen LogP contribution in [0.15, 0.2) is 0 Å². The smallest absolute Gasteiger partial charge is 0.319 e. The second kappa shape index (κ2) is 4.39. The largest absolute Gasteiger partial charge is 0.453 e. The number of aromatic nitrogens is 4. The van der Waals surface area contributed by atoms with Crippen molar-refractivity contribution in [1.82, 2.24) is 19.8 Å². The highest BCUT2D eigenvalue weighted by atomic mass is 32.1. The van der Waals surface area contributed by atoms with Crippen LogP contribution in [0.2, 0.25) is 0 Å². The SMILES string of the molecule is CC1CCCC(N)(c2nn3c(C(F)(F)F)nnc3s2)C1. The maximum atomic E-state index is 12.8. The summed E-state index contributed by atoms with van der Waals surface area (Å²) in [4.78, 5) is 0.135. The van der Waals surface area contributed by atoms with Crippen LogP contribution in [0.3, 0.4) is 0 Å².